The van der Waals surface area contributed by atoms with Crippen LogP contribution in [0.1, 0.15) is 348 Å². The Bertz CT molecular complexity index is 3960. The van der Waals surface area contributed by atoms with Crippen molar-refractivity contribution in [3.05, 3.63) is 138 Å². The molecule has 17 heteroatoms. The molecule has 5 unspecified atom stereocenters. The van der Waals surface area contributed by atoms with E-state index in [1.807, 2.05) is 58.9 Å². The van der Waals surface area contributed by atoms with Crippen LogP contribution in [0.3, 0.4) is 0 Å². The number of aromatic hydroxyl groups is 5. The van der Waals surface area contributed by atoms with E-state index >= 15 is 0 Å². The summed E-state index contributed by atoms with van der Waals surface area (Å²) in [6.45, 7) is 34.9. The highest BCUT2D eigenvalue weighted by Crippen LogP contribution is 2.60. The Morgan fingerprint density at radius 2 is 0.838 bits per heavy atom. The summed E-state index contributed by atoms with van der Waals surface area (Å²) in [6, 6.07) is 7.08. The first-order valence-electron chi connectivity index (χ1n) is 39.0. The van der Waals surface area contributed by atoms with E-state index in [-0.39, 0.29) is 110 Å². The third-order valence-electron chi connectivity index (χ3n) is 23.8. The van der Waals surface area contributed by atoms with Gasteiger partial charge in [0, 0.05) is 63.7 Å². The molecular formula is C88H122O17. The molecule has 1 fully saturated rings. The largest absolute Gasteiger partial charge is 0.507 e. The molecule has 17 nitrogen and oxygen atoms in total. The Kier molecular flexibility index (Phi) is 27.0. The molecule has 0 radical (unpaired) electrons. The molecule has 0 saturated heterocycles. The van der Waals surface area contributed by atoms with Gasteiger partial charge in [0.05, 0.1) is 5.60 Å². The molecule has 4 aliphatic carbocycles. The SMILES string of the molecule is C=C(C)C1CCC(C)=CC1c1c(O)cc(CCCCC)c(C(=O)O)c1O.CCCCCc1cc2c(c(O)c1C(=O)O)C1C=C(C)CC[C@H]1C(C)(C)O2.CCCCCc1cc2c(c(O)c1C(=O)O)C1CC(C)=CC[C@H]1C(C)(C)O2.CCCCCc1cc2c(c(O)c1C(=O)O)C1C[C@@](C)(O)CC[C@H]1C(C)(C)O2. The summed E-state index contributed by atoms with van der Waals surface area (Å²) in [6.07, 6.45) is 28.2. The van der Waals surface area contributed by atoms with Gasteiger partial charge in [0.25, 0.3) is 0 Å². The van der Waals surface area contributed by atoms with E-state index < -0.39 is 35.1 Å². The number of phenolic OH excluding ortho intramolecular Hbond substituents is 1. The number of hydrogen-bond donors (Lipinski definition) is 10. The number of unbranched alkanes of at least 4 members (excludes halogenated alkanes) is 8. The predicted molar refractivity (Wildman–Crippen MR) is 412 cm³/mol. The first-order chi connectivity index (χ1) is 49.4. The topological polar surface area (TPSA) is 298 Å². The van der Waals surface area contributed by atoms with Gasteiger partial charge in [-0.2, -0.15) is 0 Å². The van der Waals surface area contributed by atoms with Crippen molar-refractivity contribution in [3.8, 4) is 46.0 Å². The quantitative estimate of drug-likeness (QED) is 0.0258. The molecule has 4 aromatic rings. The molecule has 3 heterocycles. The maximum atomic E-state index is 11.9. The van der Waals surface area contributed by atoms with E-state index in [2.05, 4.69) is 88.0 Å². The molecular weight excluding hydrogens is 1330 g/mol. The van der Waals surface area contributed by atoms with Crippen molar-refractivity contribution in [3.63, 3.8) is 0 Å². The maximum Gasteiger partial charge on any atom is 0.339 e. The number of phenols is 5. The van der Waals surface area contributed by atoms with Gasteiger partial charge in [-0.05, 0) is 238 Å². The lowest BCUT2D eigenvalue weighted by Crippen LogP contribution is -2.50. The molecule has 3 aliphatic heterocycles. The molecule has 576 valence electrons. The first kappa shape index (κ1) is 82.7. The summed E-state index contributed by atoms with van der Waals surface area (Å²) in [7, 11) is 0. The van der Waals surface area contributed by atoms with Gasteiger partial charge in [0.2, 0.25) is 0 Å². The molecule has 10 N–H and O–H groups in total. The summed E-state index contributed by atoms with van der Waals surface area (Å²) >= 11 is 0. The van der Waals surface area contributed by atoms with Gasteiger partial charge in [-0.3, -0.25) is 0 Å². The van der Waals surface area contributed by atoms with Gasteiger partial charge in [0.1, 0.15) is 85.1 Å². The Balaban J connectivity index is 0.000000177. The molecule has 0 bridgehead atoms. The number of aromatic carboxylic acids is 4. The highest BCUT2D eigenvalue weighted by molar-refractivity contribution is 5.96. The summed E-state index contributed by atoms with van der Waals surface area (Å²) in [5.41, 5.74) is 7.55. The predicted octanol–water partition coefficient (Wildman–Crippen LogP) is 21.0. The number of aryl methyl sites for hydroxylation is 4. The van der Waals surface area contributed by atoms with Gasteiger partial charge in [0.15, 0.2) is 0 Å². The Labute approximate surface area is 623 Å². The van der Waals surface area contributed by atoms with E-state index in [0.717, 1.165) is 128 Å². The first-order valence-corrected chi connectivity index (χ1v) is 39.0. The van der Waals surface area contributed by atoms with Gasteiger partial charge in [-0.1, -0.05) is 126 Å². The van der Waals surface area contributed by atoms with Gasteiger partial charge in [-0.15, -0.1) is 0 Å². The zero-order chi connectivity index (χ0) is 77.5. The monoisotopic (exact) mass is 1450 g/mol. The number of rotatable bonds is 22. The zero-order valence-corrected chi connectivity index (χ0v) is 65.4. The summed E-state index contributed by atoms with van der Waals surface area (Å²) in [5.74, 6) is -2.77. The Hall–Kier alpha value is -7.92. The highest BCUT2D eigenvalue weighted by atomic mass is 16.5. The number of ether oxygens (including phenoxy) is 3. The summed E-state index contributed by atoms with van der Waals surface area (Å²) in [4.78, 5) is 47.5. The second-order valence-corrected chi connectivity index (χ2v) is 33.2. The molecule has 105 heavy (non-hydrogen) atoms. The number of fused-ring (bicyclic) bond motifs is 9. The van der Waals surface area contributed by atoms with Crippen molar-refractivity contribution in [2.24, 2.45) is 23.7 Å². The minimum absolute atomic E-state index is 0.00266. The van der Waals surface area contributed by atoms with E-state index in [0.29, 0.717) is 100 Å². The number of carboxylic acid groups (broad SMARTS) is 4. The van der Waals surface area contributed by atoms with Crippen LogP contribution in [0.25, 0.3) is 0 Å². The molecule has 9 atom stereocenters. The Morgan fingerprint density at radius 1 is 0.467 bits per heavy atom. The number of benzene rings is 4. The maximum absolute atomic E-state index is 11.9. The third kappa shape index (κ3) is 18.4. The molecule has 4 aromatic carbocycles. The molecule has 0 aromatic heterocycles. The fourth-order valence-electron chi connectivity index (χ4n) is 18.3. The molecule has 7 aliphatic rings. The number of hydrogen-bond acceptors (Lipinski definition) is 13. The minimum Gasteiger partial charge on any atom is -0.507 e. The number of carbonyl (C=O) groups is 4. The van der Waals surface area contributed by atoms with Crippen LogP contribution >= 0.6 is 0 Å². The molecule has 0 spiro atoms. The van der Waals surface area contributed by atoms with Crippen LogP contribution in [0.15, 0.2) is 71.4 Å². The van der Waals surface area contributed by atoms with Crippen LogP contribution in [0, 0.1) is 23.7 Å². The molecule has 0 amide bonds. The smallest absolute Gasteiger partial charge is 0.339 e. The van der Waals surface area contributed by atoms with Crippen molar-refractivity contribution in [2.45, 2.75) is 310 Å². The second-order valence-electron chi connectivity index (χ2n) is 33.2. The van der Waals surface area contributed by atoms with Crippen molar-refractivity contribution < 1.29 is 84.5 Å². The normalized spacial score (nSPS) is 23.9. The van der Waals surface area contributed by atoms with Gasteiger partial charge in [-0.25, -0.2) is 19.2 Å². The van der Waals surface area contributed by atoms with Crippen LogP contribution < -0.4 is 14.2 Å². The lowest BCUT2D eigenvalue weighted by molar-refractivity contribution is -0.0660. The van der Waals surface area contributed by atoms with E-state index in [9.17, 15) is 70.2 Å². The number of carboxylic acids is 4. The summed E-state index contributed by atoms with van der Waals surface area (Å²) < 4.78 is 18.9. The minimum atomic E-state index is -1.15. The molecule has 1 saturated carbocycles. The Morgan fingerprint density at radius 3 is 1.27 bits per heavy atom. The van der Waals surface area contributed by atoms with Crippen LogP contribution in [0.2, 0.25) is 0 Å². The number of aliphatic hydroxyl groups is 1. The van der Waals surface area contributed by atoms with Crippen molar-refractivity contribution in [1.82, 2.24) is 0 Å². The van der Waals surface area contributed by atoms with Crippen molar-refractivity contribution in [2.75, 3.05) is 0 Å². The van der Waals surface area contributed by atoms with E-state index in [4.69, 9.17) is 14.2 Å². The average molecular weight is 1450 g/mol. The van der Waals surface area contributed by atoms with Crippen LogP contribution in [0.4, 0.5) is 0 Å². The highest BCUT2D eigenvalue weighted by Gasteiger charge is 2.52. The second kappa shape index (κ2) is 34.3. The lowest BCUT2D eigenvalue weighted by atomic mass is 9.62. The van der Waals surface area contributed by atoms with Crippen LogP contribution in [0.5, 0.6) is 46.0 Å². The molecule has 11 rings (SSSR count). The lowest BCUT2D eigenvalue weighted by Gasteiger charge is -2.50. The van der Waals surface area contributed by atoms with Crippen LogP contribution in [-0.2, 0) is 25.7 Å². The van der Waals surface area contributed by atoms with E-state index in [1.54, 1.807) is 0 Å². The van der Waals surface area contributed by atoms with E-state index in [1.165, 1.54) is 22.8 Å². The standard InChI is InChI=1S/C22H32O5.3C22H30O4/c1-5-6-7-8-13-11-16-18(19(23)17(13)20(24)25)14-12-22(4,26)10-9-15(14)21(2,3)27-16;2*1-5-6-7-8-14-12-17-19(20(23)18(14)21(24)25)15-11-13(2)9-10-16(15)22(3,4)26-17;1-5-6-7-8-15-12-18(23)20(21(24)19(15)22(25)26)17-11-14(4)9-10-16(17)13(2)3/h11,14-15,23,26H,5-10,12H2,1-4H3,(H,24,25);11-12,15-16,23H,5-10H2,1-4H3,(H,24,25);9,12,15-16,23H,5-8,10-11H2,1-4H3,(H,24,25);11-12,16-17,23-24H,2,5-10H2,1,3-4H3,(H,25,26)/t14?,15-,22+;2*15?,16-;/m111./s1. The van der Waals surface area contributed by atoms with Crippen molar-refractivity contribution in [1.29, 1.82) is 0 Å². The van der Waals surface area contributed by atoms with Crippen LogP contribution in [-0.4, -0.2) is 97.3 Å². The average Bonchev–Trinajstić information content (AvgIpc) is 0.744. The third-order valence-corrected chi connectivity index (χ3v) is 23.8. The van der Waals surface area contributed by atoms with Gasteiger partial charge < -0.3 is 65.3 Å². The number of allylic oxidation sites excluding steroid dienone is 7. The van der Waals surface area contributed by atoms with Gasteiger partial charge >= 0.3 is 23.9 Å². The fourth-order valence-corrected chi connectivity index (χ4v) is 18.3. The fraction of sp³-hybridized carbons (Fsp3) is 0.591. The zero-order valence-electron chi connectivity index (χ0n) is 65.4. The van der Waals surface area contributed by atoms with Crippen molar-refractivity contribution >= 4 is 23.9 Å². The summed E-state index contributed by atoms with van der Waals surface area (Å²) in [5, 5.41) is 104.